The van der Waals surface area contributed by atoms with Crippen LogP contribution in [0.3, 0.4) is 0 Å². The smallest absolute Gasteiger partial charge is 0.308 e. The lowest BCUT2D eigenvalue weighted by atomic mass is 9.89. The topological polar surface area (TPSA) is 57.6 Å². The van der Waals surface area contributed by atoms with Gasteiger partial charge in [-0.05, 0) is 17.7 Å². The van der Waals surface area contributed by atoms with Gasteiger partial charge in [-0.15, -0.1) is 0 Å². The first kappa shape index (κ1) is 14.3. The first-order valence-corrected chi connectivity index (χ1v) is 7.29. The van der Waals surface area contributed by atoms with E-state index in [1.54, 1.807) is 17.0 Å². The Balaban J connectivity index is 1.85. The van der Waals surface area contributed by atoms with Crippen molar-refractivity contribution in [2.45, 2.75) is 5.92 Å². The molecule has 1 N–H and O–H groups in total. The number of carbonyl (C=O) groups excluding carboxylic acids is 1. The number of carboxylic acids is 1. The number of carbonyl (C=O) groups is 2. The molecule has 1 aliphatic rings. The molecule has 112 valence electrons. The summed E-state index contributed by atoms with van der Waals surface area (Å²) >= 11 is 0. The zero-order valence-corrected chi connectivity index (χ0v) is 12.1. The van der Waals surface area contributed by atoms with Crippen molar-refractivity contribution in [1.82, 2.24) is 4.90 Å². The number of amides is 1. The standard InChI is InChI=1S/C18H17NO3/c20-17(14-9-5-2-6-10-14)19-11-15(16(12-19)18(21)22)13-7-3-1-4-8-13/h1-10,15-16H,11-12H2,(H,21,22)/t15-,16+/m0/s1. The van der Waals surface area contributed by atoms with Gasteiger partial charge in [0, 0.05) is 24.6 Å². The Morgan fingerprint density at radius 2 is 1.50 bits per heavy atom. The molecule has 4 heteroatoms. The summed E-state index contributed by atoms with van der Waals surface area (Å²) in [6, 6.07) is 18.6. The molecule has 0 unspecified atom stereocenters. The van der Waals surface area contributed by atoms with Crippen molar-refractivity contribution >= 4 is 11.9 Å². The second-order valence-corrected chi connectivity index (χ2v) is 5.54. The highest BCUT2D eigenvalue weighted by Gasteiger charge is 2.40. The predicted octanol–water partition coefficient (Wildman–Crippen LogP) is 2.63. The number of nitrogens with zero attached hydrogens (tertiary/aromatic N) is 1. The fourth-order valence-corrected chi connectivity index (χ4v) is 3.02. The van der Waals surface area contributed by atoms with Crippen LogP contribution in [0.1, 0.15) is 21.8 Å². The number of aliphatic carboxylic acids is 1. The van der Waals surface area contributed by atoms with Crippen LogP contribution in [-0.2, 0) is 4.79 Å². The Bertz CT molecular complexity index is 669. The largest absolute Gasteiger partial charge is 0.481 e. The fourth-order valence-electron chi connectivity index (χ4n) is 3.02. The molecule has 2 atom stereocenters. The molecule has 1 heterocycles. The van der Waals surface area contributed by atoms with Gasteiger partial charge in [-0.1, -0.05) is 48.5 Å². The maximum atomic E-state index is 12.5. The van der Waals surface area contributed by atoms with Crippen LogP contribution in [-0.4, -0.2) is 35.0 Å². The molecule has 1 fully saturated rings. The second-order valence-electron chi connectivity index (χ2n) is 5.54. The third-order valence-corrected chi connectivity index (χ3v) is 4.17. The molecular formula is C18H17NO3. The van der Waals surface area contributed by atoms with E-state index in [0.29, 0.717) is 12.1 Å². The normalized spacial score (nSPS) is 20.8. The van der Waals surface area contributed by atoms with E-state index in [4.69, 9.17) is 0 Å². The minimum atomic E-state index is -0.850. The molecule has 3 rings (SSSR count). The van der Waals surface area contributed by atoms with E-state index in [-0.39, 0.29) is 18.4 Å². The highest BCUT2D eigenvalue weighted by Crippen LogP contribution is 2.33. The summed E-state index contributed by atoms with van der Waals surface area (Å²) in [6.45, 7) is 0.692. The number of rotatable bonds is 3. The number of hydrogen-bond donors (Lipinski definition) is 1. The molecule has 0 aliphatic carbocycles. The maximum absolute atomic E-state index is 12.5. The Hall–Kier alpha value is -2.62. The van der Waals surface area contributed by atoms with Crippen molar-refractivity contribution in [1.29, 1.82) is 0 Å². The molecule has 1 aliphatic heterocycles. The van der Waals surface area contributed by atoms with Gasteiger partial charge in [0.2, 0.25) is 0 Å². The van der Waals surface area contributed by atoms with E-state index in [1.807, 2.05) is 48.5 Å². The summed E-state index contributed by atoms with van der Waals surface area (Å²) in [5, 5.41) is 9.48. The van der Waals surface area contributed by atoms with E-state index < -0.39 is 11.9 Å². The molecule has 2 aromatic rings. The summed E-state index contributed by atoms with van der Waals surface area (Å²) in [6.07, 6.45) is 0. The van der Waals surface area contributed by atoms with E-state index in [9.17, 15) is 14.7 Å². The first-order valence-electron chi connectivity index (χ1n) is 7.29. The van der Waals surface area contributed by atoms with Crippen molar-refractivity contribution in [2.75, 3.05) is 13.1 Å². The molecule has 2 aromatic carbocycles. The zero-order valence-electron chi connectivity index (χ0n) is 12.1. The zero-order chi connectivity index (χ0) is 15.5. The summed E-state index contributed by atoms with van der Waals surface area (Å²) in [7, 11) is 0. The molecule has 0 saturated carbocycles. The quantitative estimate of drug-likeness (QED) is 0.947. The maximum Gasteiger partial charge on any atom is 0.308 e. The van der Waals surface area contributed by atoms with E-state index in [1.165, 1.54) is 0 Å². The number of hydrogen-bond acceptors (Lipinski definition) is 2. The van der Waals surface area contributed by atoms with Crippen LogP contribution in [0.2, 0.25) is 0 Å². The molecule has 0 radical (unpaired) electrons. The van der Waals surface area contributed by atoms with Crippen molar-refractivity contribution in [3.05, 3.63) is 71.8 Å². The van der Waals surface area contributed by atoms with Crippen molar-refractivity contribution in [2.24, 2.45) is 5.92 Å². The van der Waals surface area contributed by atoms with Crippen molar-refractivity contribution < 1.29 is 14.7 Å². The Labute approximate surface area is 129 Å². The summed E-state index contributed by atoms with van der Waals surface area (Å²) in [5.74, 6) is -1.68. The lowest BCUT2D eigenvalue weighted by Crippen LogP contribution is -2.29. The van der Waals surface area contributed by atoms with E-state index in [0.717, 1.165) is 5.56 Å². The molecular weight excluding hydrogens is 278 g/mol. The third kappa shape index (κ3) is 2.72. The average Bonchev–Trinajstić information content (AvgIpc) is 3.01. The van der Waals surface area contributed by atoms with Gasteiger partial charge < -0.3 is 10.0 Å². The van der Waals surface area contributed by atoms with Gasteiger partial charge in [0.15, 0.2) is 0 Å². The van der Waals surface area contributed by atoms with Crippen LogP contribution in [0.15, 0.2) is 60.7 Å². The van der Waals surface area contributed by atoms with Gasteiger partial charge in [0.25, 0.3) is 5.91 Å². The molecule has 22 heavy (non-hydrogen) atoms. The minimum absolute atomic E-state index is 0.106. The number of likely N-dealkylation sites (tertiary alicyclic amines) is 1. The first-order chi connectivity index (χ1) is 10.7. The lowest BCUT2D eigenvalue weighted by Gasteiger charge is -2.16. The second kappa shape index (κ2) is 6.02. The lowest BCUT2D eigenvalue weighted by molar-refractivity contribution is -0.141. The molecule has 0 spiro atoms. The van der Waals surface area contributed by atoms with Crippen LogP contribution in [0.5, 0.6) is 0 Å². The fraction of sp³-hybridized carbons (Fsp3) is 0.222. The van der Waals surface area contributed by atoms with Gasteiger partial charge in [0.1, 0.15) is 0 Å². The predicted molar refractivity (Wildman–Crippen MR) is 82.7 cm³/mol. The van der Waals surface area contributed by atoms with E-state index >= 15 is 0 Å². The number of benzene rings is 2. The van der Waals surface area contributed by atoms with Crippen LogP contribution < -0.4 is 0 Å². The number of carboxylic acid groups (broad SMARTS) is 1. The molecule has 4 nitrogen and oxygen atoms in total. The third-order valence-electron chi connectivity index (χ3n) is 4.17. The van der Waals surface area contributed by atoms with Crippen LogP contribution in [0.25, 0.3) is 0 Å². The Kier molecular flexibility index (Phi) is 3.92. The monoisotopic (exact) mass is 295 g/mol. The van der Waals surface area contributed by atoms with Gasteiger partial charge in [-0.25, -0.2) is 0 Å². The average molecular weight is 295 g/mol. The van der Waals surface area contributed by atoms with Crippen LogP contribution in [0, 0.1) is 5.92 Å². The summed E-state index contributed by atoms with van der Waals surface area (Å²) in [4.78, 5) is 25.7. The Morgan fingerprint density at radius 3 is 2.09 bits per heavy atom. The van der Waals surface area contributed by atoms with Crippen molar-refractivity contribution in [3.63, 3.8) is 0 Å². The molecule has 1 amide bonds. The molecule has 0 bridgehead atoms. The van der Waals surface area contributed by atoms with Gasteiger partial charge >= 0.3 is 5.97 Å². The van der Waals surface area contributed by atoms with Gasteiger partial charge in [0.05, 0.1) is 5.92 Å². The molecule has 1 saturated heterocycles. The molecule has 0 aromatic heterocycles. The highest BCUT2D eigenvalue weighted by atomic mass is 16.4. The summed E-state index contributed by atoms with van der Waals surface area (Å²) in [5.41, 5.74) is 1.57. The van der Waals surface area contributed by atoms with Crippen LogP contribution >= 0.6 is 0 Å². The SMILES string of the molecule is O=C(O)[C@@H]1CN(C(=O)c2ccccc2)C[C@H]1c1ccccc1. The minimum Gasteiger partial charge on any atom is -0.481 e. The summed E-state index contributed by atoms with van der Waals surface area (Å²) < 4.78 is 0. The van der Waals surface area contributed by atoms with Gasteiger partial charge in [-0.3, -0.25) is 9.59 Å². The Morgan fingerprint density at radius 1 is 0.909 bits per heavy atom. The van der Waals surface area contributed by atoms with Crippen molar-refractivity contribution in [3.8, 4) is 0 Å². The highest BCUT2D eigenvalue weighted by molar-refractivity contribution is 5.95. The van der Waals surface area contributed by atoms with E-state index in [2.05, 4.69) is 0 Å². The van der Waals surface area contributed by atoms with Gasteiger partial charge in [-0.2, -0.15) is 0 Å². The van der Waals surface area contributed by atoms with Crippen LogP contribution in [0.4, 0.5) is 0 Å².